The third-order valence-corrected chi connectivity index (χ3v) is 3.03. The maximum absolute atomic E-state index is 10.7. The zero-order valence-electron chi connectivity index (χ0n) is 7.36. The van der Waals surface area contributed by atoms with Crippen molar-refractivity contribution in [1.82, 2.24) is 0 Å². The number of carboxylic acids is 1. The van der Waals surface area contributed by atoms with Crippen molar-refractivity contribution in [3.63, 3.8) is 0 Å². The van der Waals surface area contributed by atoms with E-state index in [1.807, 2.05) is 22.6 Å². The third kappa shape index (κ3) is 2.25. The molecule has 0 saturated heterocycles. The number of hydrogen-bond acceptors (Lipinski definition) is 3. The Kier molecular flexibility index (Phi) is 3.51. The Hall–Kier alpha value is -0.595. The van der Waals surface area contributed by atoms with E-state index in [2.05, 4.69) is 0 Å². The highest BCUT2D eigenvalue weighted by molar-refractivity contribution is 14.1. The summed E-state index contributed by atoms with van der Waals surface area (Å²) in [5.41, 5.74) is 0.975. The SMILES string of the molecule is Cc1c(I)cc(C(=O)O)cc1B(O)O. The van der Waals surface area contributed by atoms with Crippen LogP contribution in [0, 0.1) is 10.5 Å². The maximum Gasteiger partial charge on any atom is 0.488 e. The fraction of sp³-hybridized carbons (Fsp3) is 0.125. The lowest BCUT2D eigenvalue weighted by Gasteiger charge is -2.08. The molecule has 0 heterocycles. The van der Waals surface area contributed by atoms with Crippen molar-refractivity contribution in [2.75, 3.05) is 0 Å². The van der Waals surface area contributed by atoms with Crippen LogP contribution < -0.4 is 5.46 Å². The molecule has 0 unspecified atom stereocenters. The molecular weight excluding hydrogens is 298 g/mol. The van der Waals surface area contributed by atoms with Gasteiger partial charge < -0.3 is 15.2 Å². The fourth-order valence-corrected chi connectivity index (χ4v) is 1.74. The van der Waals surface area contributed by atoms with Gasteiger partial charge in [-0.15, -0.1) is 0 Å². The topological polar surface area (TPSA) is 77.8 Å². The first kappa shape index (κ1) is 11.5. The molecule has 0 amide bonds. The molecule has 0 radical (unpaired) electrons. The number of carbonyl (C=O) groups is 1. The summed E-state index contributed by atoms with van der Waals surface area (Å²) in [6.07, 6.45) is 0. The molecule has 1 aromatic carbocycles. The van der Waals surface area contributed by atoms with E-state index < -0.39 is 13.1 Å². The Balaban J connectivity index is 3.35. The van der Waals surface area contributed by atoms with Crippen LogP contribution in [0.4, 0.5) is 0 Å². The summed E-state index contributed by atoms with van der Waals surface area (Å²) in [6.45, 7) is 1.71. The molecule has 0 aliphatic heterocycles. The standard InChI is InChI=1S/C8H8BIO4/c1-4-6(9(13)14)2-5(8(11)12)3-7(4)10/h2-3,13-14H,1H3,(H,11,12). The zero-order chi connectivity index (χ0) is 10.9. The number of aromatic carboxylic acids is 1. The van der Waals surface area contributed by atoms with Gasteiger partial charge in [-0.3, -0.25) is 0 Å². The number of hydrogen-bond donors (Lipinski definition) is 3. The average Bonchev–Trinajstić information content (AvgIpc) is 2.08. The van der Waals surface area contributed by atoms with Gasteiger partial charge >= 0.3 is 13.1 Å². The van der Waals surface area contributed by atoms with Crippen LogP contribution in [0.25, 0.3) is 0 Å². The molecule has 0 aliphatic rings. The van der Waals surface area contributed by atoms with Crippen molar-refractivity contribution in [3.8, 4) is 0 Å². The van der Waals surface area contributed by atoms with Crippen molar-refractivity contribution in [2.24, 2.45) is 0 Å². The van der Waals surface area contributed by atoms with Crippen molar-refractivity contribution >= 4 is 41.1 Å². The van der Waals surface area contributed by atoms with E-state index in [4.69, 9.17) is 15.2 Å². The monoisotopic (exact) mass is 306 g/mol. The normalized spacial score (nSPS) is 10.0. The molecule has 0 saturated carbocycles. The van der Waals surface area contributed by atoms with Gasteiger partial charge in [0, 0.05) is 3.57 Å². The largest absolute Gasteiger partial charge is 0.488 e. The predicted molar refractivity (Wildman–Crippen MR) is 60.7 cm³/mol. The van der Waals surface area contributed by atoms with Crippen LogP contribution in [0.15, 0.2) is 12.1 Å². The lowest BCUT2D eigenvalue weighted by atomic mass is 9.76. The zero-order valence-corrected chi connectivity index (χ0v) is 9.52. The quantitative estimate of drug-likeness (QED) is 0.530. The highest BCUT2D eigenvalue weighted by Gasteiger charge is 2.18. The maximum atomic E-state index is 10.7. The molecule has 0 spiro atoms. The highest BCUT2D eigenvalue weighted by Crippen LogP contribution is 2.12. The Labute approximate surface area is 94.9 Å². The molecule has 0 bridgehead atoms. The van der Waals surface area contributed by atoms with Crippen LogP contribution in [-0.4, -0.2) is 28.2 Å². The van der Waals surface area contributed by atoms with E-state index in [9.17, 15) is 4.79 Å². The van der Waals surface area contributed by atoms with E-state index in [0.717, 1.165) is 0 Å². The van der Waals surface area contributed by atoms with E-state index in [0.29, 0.717) is 9.13 Å². The Morgan fingerprint density at radius 2 is 2.00 bits per heavy atom. The molecule has 0 aromatic heterocycles. The van der Waals surface area contributed by atoms with E-state index >= 15 is 0 Å². The first-order valence-electron chi connectivity index (χ1n) is 3.83. The van der Waals surface area contributed by atoms with Crippen LogP contribution >= 0.6 is 22.6 Å². The van der Waals surface area contributed by atoms with Crippen LogP contribution in [0.2, 0.25) is 0 Å². The molecule has 1 rings (SSSR count). The molecule has 3 N–H and O–H groups in total. The number of rotatable bonds is 2. The molecular formula is C8H8BIO4. The van der Waals surface area contributed by atoms with Gasteiger partial charge in [-0.25, -0.2) is 4.79 Å². The van der Waals surface area contributed by atoms with Gasteiger partial charge in [-0.1, -0.05) is 0 Å². The lowest BCUT2D eigenvalue weighted by Crippen LogP contribution is -2.33. The Morgan fingerprint density at radius 3 is 2.43 bits per heavy atom. The Morgan fingerprint density at radius 1 is 1.43 bits per heavy atom. The summed E-state index contributed by atoms with van der Waals surface area (Å²) in [5.74, 6) is -1.08. The van der Waals surface area contributed by atoms with Crippen molar-refractivity contribution in [2.45, 2.75) is 6.92 Å². The summed E-state index contributed by atoms with van der Waals surface area (Å²) in [4.78, 5) is 10.7. The lowest BCUT2D eigenvalue weighted by molar-refractivity contribution is 0.0697. The van der Waals surface area contributed by atoms with E-state index in [1.54, 1.807) is 6.92 Å². The Bertz CT molecular complexity index is 378. The summed E-state index contributed by atoms with van der Waals surface area (Å²) in [7, 11) is -1.64. The minimum Gasteiger partial charge on any atom is -0.478 e. The number of benzene rings is 1. The van der Waals surface area contributed by atoms with Crippen LogP contribution in [0.3, 0.4) is 0 Å². The van der Waals surface area contributed by atoms with Crippen LogP contribution in [0.5, 0.6) is 0 Å². The van der Waals surface area contributed by atoms with Gasteiger partial charge in [0.15, 0.2) is 0 Å². The number of carboxylic acid groups (broad SMARTS) is 1. The molecule has 0 aliphatic carbocycles. The first-order chi connectivity index (χ1) is 6.43. The van der Waals surface area contributed by atoms with Gasteiger partial charge in [0.05, 0.1) is 5.56 Å². The van der Waals surface area contributed by atoms with Crippen LogP contribution in [0.1, 0.15) is 15.9 Å². The predicted octanol–water partition coefficient (Wildman–Crippen LogP) is -0.0224. The molecule has 0 fully saturated rings. The average molecular weight is 306 g/mol. The second-order valence-electron chi connectivity index (χ2n) is 2.85. The smallest absolute Gasteiger partial charge is 0.478 e. The number of halogens is 1. The summed E-state index contributed by atoms with van der Waals surface area (Å²) in [5, 5.41) is 26.7. The van der Waals surface area contributed by atoms with E-state index in [1.165, 1.54) is 12.1 Å². The van der Waals surface area contributed by atoms with Gasteiger partial charge in [-0.2, -0.15) is 0 Å². The fourth-order valence-electron chi connectivity index (χ4n) is 1.09. The molecule has 6 heteroatoms. The second-order valence-corrected chi connectivity index (χ2v) is 4.01. The van der Waals surface area contributed by atoms with Gasteiger partial charge in [-0.05, 0) is 52.7 Å². The van der Waals surface area contributed by atoms with Crippen molar-refractivity contribution in [1.29, 1.82) is 0 Å². The summed E-state index contributed by atoms with van der Waals surface area (Å²) >= 11 is 1.96. The third-order valence-electron chi connectivity index (χ3n) is 1.91. The summed E-state index contributed by atoms with van der Waals surface area (Å²) < 4.78 is 0.700. The van der Waals surface area contributed by atoms with Gasteiger partial charge in [0.1, 0.15) is 0 Å². The van der Waals surface area contributed by atoms with Gasteiger partial charge in [0.25, 0.3) is 0 Å². The highest BCUT2D eigenvalue weighted by atomic mass is 127. The summed E-state index contributed by atoms with van der Waals surface area (Å²) in [6, 6.07) is 2.76. The second kappa shape index (κ2) is 4.29. The van der Waals surface area contributed by atoms with Crippen molar-refractivity contribution in [3.05, 3.63) is 26.8 Å². The minimum absolute atomic E-state index is 0.0584. The van der Waals surface area contributed by atoms with Gasteiger partial charge in [0.2, 0.25) is 0 Å². The van der Waals surface area contributed by atoms with Crippen LogP contribution in [-0.2, 0) is 0 Å². The minimum atomic E-state index is -1.64. The molecule has 0 atom stereocenters. The van der Waals surface area contributed by atoms with E-state index in [-0.39, 0.29) is 11.0 Å². The van der Waals surface area contributed by atoms with Crippen molar-refractivity contribution < 1.29 is 19.9 Å². The molecule has 4 nitrogen and oxygen atoms in total. The molecule has 14 heavy (non-hydrogen) atoms. The molecule has 1 aromatic rings. The first-order valence-corrected chi connectivity index (χ1v) is 4.91. The molecule has 74 valence electrons.